The van der Waals surface area contributed by atoms with Crippen molar-refractivity contribution in [3.8, 4) is 0 Å². The van der Waals surface area contributed by atoms with E-state index in [0.29, 0.717) is 13.0 Å². The number of carbonyl (C=O) groups excluding carboxylic acids is 1. The maximum atomic E-state index is 13.3. The average molecular weight is 482 g/mol. The van der Waals surface area contributed by atoms with Crippen LogP contribution in [0.25, 0.3) is 10.2 Å². The van der Waals surface area contributed by atoms with E-state index in [4.69, 9.17) is 16.6 Å². The maximum absolute atomic E-state index is 13.3. The molecule has 7 heteroatoms. The zero-order valence-corrected chi connectivity index (χ0v) is 20.4. The number of aryl methyl sites for hydroxylation is 2. The molecule has 2 aromatic carbocycles. The highest BCUT2D eigenvalue weighted by Crippen LogP contribution is 2.34. The van der Waals surface area contributed by atoms with Crippen LogP contribution >= 0.6 is 34.7 Å². The third kappa shape index (κ3) is 5.49. The molecule has 0 aliphatic rings. The molecule has 0 N–H and O–H groups in total. The number of amides is 1. The number of anilines is 1. The Morgan fingerprint density at radius 2 is 1.84 bits per heavy atom. The Bertz CT molecular complexity index is 1170. The first-order valence-corrected chi connectivity index (χ1v) is 12.6. The fourth-order valence-corrected chi connectivity index (χ4v) is 5.47. The first-order valence-electron chi connectivity index (χ1n) is 10.5. The van der Waals surface area contributed by atoms with Crippen molar-refractivity contribution in [1.82, 2.24) is 9.97 Å². The molecular weight excluding hydrogens is 458 g/mol. The van der Waals surface area contributed by atoms with E-state index < -0.39 is 0 Å². The highest BCUT2D eigenvalue weighted by atomic mass is 35.5. The van der Waals surface area contributed by atoms with Crippen LogP contribution in [0.15, 0.2) is 65.7 Å². The van der Waals surface area contributed by atoms with Gasteiger partial charge in [0, 0.05) is 22.5 Å². The fraction of sp³-hybridized carbons (Fsp3) is 0.240. The number of aromatic nitrogens is 2. The van der Waals surface area contributed by atoms with Gasteiger partial charge in [-0.25, -0.2) is 4.98 Å². The third-order valence-electron chi connectivity index (χ3n) is 5.13. The van der Waals surface area contributed by atoms with Gasteiger partial charge in [0.15, 0.2) is 5.13 Å². The van der Waals surface area contributed by atoms with Crippen LogP contribution in [0, 0.1) is 13.8 Å². The van der Waals surface area contributed by atoms with Gasteiger partial charge in [0.25, 0.3) is 0 Å². The Morgan fingerprint density at radius 3 is 2.56 bits per heavy atom. The second-order valence-corrected chi connectivity index (χ2v) is 10.2. The molecule has 4 aromatic rings. The third-order valence-corrected chi connectivity index (χ3v) is 7.69. The van der Waals surface area contributed by atoms with Crippen LogP contribution in [0.2, 0.25) is 5.02 Å². The van der Waals surface area contributed by atoms with Gasteiger partial charge < -0.3 is 0 Å². The van der Waals surface area contributed by atoms with Gasteiger partial charge in [-0.1, -0.05) is 41.1 Å². The van der Waals surface area contributed by atoms with E-state index in [1.807, 2.05) is 42.5 Å². The molecule has 0 aliphatic carbocycles. The van der Waals surface area contributed by atoms with E-state index in [-0.39, 0.29) is 5.91 Å². The Hall–Kier alpha value is -2.41. The van der Waals surface area contributed by atoms with Gasteiger partial charge in [-0.05, 0) is 73.5 Å². The molecule has 0 radical (unpaired) electrons. The number of rotatable bonds is 8. The molecule has 0 fully saturated rings. The summed E-state index contributed by atoms with van der Waals surface area (Å²) in [6.45, 7) is 4.56. The second-order valence-electron chi connectivity index (χ2n) is 7.58. The predicted octanol–water partition coefficient (Wildman–Crippen LogP) is 7.07. The van der Waals surface area contributed by atoms with Gasteiger partial charge in [-0.15, -0.1) is 11.8 Å². The van der Waals surface area contributed by atoms with Crippen molar-refractivity contribution < 1.29 is 4.79 Å². The van der Waals surface area contributed by atoms with E-state index >= 15 is 0 Å². The summed E-state index contributed by atoms with van der Waals surface area (Å²) in [4.78, 5) is 25.5. The lowest BCUT2D eigenvalue weighted by Gasteiger charge is -2.19. The van der Waals surface area contributed by atoms with E-state index in [0.717, 1.165) is 48.7 Å². The van der Waals surface area contributed by atoms with Crippen LogP contribution in [0.1, 0.15) is 29.7 Å². The van der Waals surface area contributed by atoms with Gasteiger partial charge in [-0.3, -0.25) is 14.7 Å². The standard InChI is InChI=1S/C25H24ClN3OS2/c1-17-8-9-18(2)24-23(17)28-25(32-24)29(16-20-6-3-4-14-27-20)22(30)7-5-15-31-21-12-10-19(26)11-13-21/h3-4,6,8-14H,5,7,15-16H2,1-2H3. The van der Waals surface area contributed by atoms with E-state index in [9.17, 15) is 4.79 Å². The van der Waals surface area contributed by atoms with Crippen molar-refractivity contribution in [2.45, 2.75) is 38.1 Å². The molecule has 0 saturated heterocycles. The smallest absolute Gasteiger partial charge is 0.229 e. The minimum absolute atomic E-state index is 0.0710. The molecule has 0 saturated carbocycles. The fourth-order valence-electron chi connectivity index (χ4n) is 3.36. The summed E-state index contributed by atoms with van der Waals surface area (Å²) >= 11 is 9.27. The monoisotopic (exact) mass is 481 g/mol. The molecule has 0 spiro atoms. The molecule has 2 heterocycles. The average Bonchev–Trinajstić information content (AvgIpc) is 3.26. The maximum Gasteiger partial charge on any atom is 0.229 e. The van der Waals surface area contributed by atoms with Gasteiger partial charge in [0.05, 0.1) is 22.5 Å². The van der Waals surface area contributed by atoms with Crippen molar-refractivity contribution >= 4 is 56.0 Å². The molecule has 1 amide bonds. The lowest BCUT2D eigenvalue weighted by atomic mass is 10.1. The number of hydrogen-bond acceptors (Lipinski definition) is 5. The summed E-state index contributed by atoms with van der Waals surface area (Å²) in [5, 5.41) is 1.47. The zero-order valence-electron chi connectivity index (χ0n) is 18.0. The highest BCUT2D eigenvalue weighted by molar-refractivity contribution is 7.99. The van der Waals surface area contributed by atoms with E-state index in [1.165, 1.54) is 5.56 Å². The van der Waals surface area contributed by atoms with Crippen molar-refractivity contribution in [3.05, 3.63) is 82.6 Å². The molecule has 0 aliphatic heterocycles. The van der Waals surface area contributed by atoms with Crippen LogP contribution in [0.5, 0.6) is 0 Å². The van der Waals surface area contributed by atoms with Crippen LogP contribution in [-0.4, -0.2) is 21.6 Å². The van der Waals surface area contributed by atoms with Gasteiger partial charge in [0.1, 0.15) is 0 Å². The van der Waals surface area contributed by atoms with Crippen molar-refractivity contribution in [3.63, 3.8) is 0 Å². The molecule has 0 unspecified atom stereocenters. The minimum Gasteiger partial charge on any atom is -0.282 e. The summed E-state index contributed by atoms with van der Waals surface area (Å²) in [5.74, 6) is 0.935. The molecule has 32 heavy (non-hydrogen) atoms. The topological polar surface area (TPSA) is 46.1 Å². The van der Waals surface area contributed by atoms with Crippen LogP contribution in [0.4, 0.5) is 5.13 Å². The van der Waals surface area contributed by atoms with E-state index in [1.54, 1.807) is 34.2 Å². The summed E-state index contributed by atoms with van der Waals surface area (Å²) in [6, 6.07) is 17.8. The number of halogens is 1. The first-order chi connectivity index (χ1) is 15.5. The molecule has 4 nitrogen and oxygen atoms in total. The molecule has 0 bridgehead atoms. The lowest BCUT2D eigenvalue weighted by molar-refractivity contribution is -0.118. The van der Waals surface area contributed by atoms with Gasteiger partial charge in [-0.2, -0.15) is 0 Å². The number of nitrogens with zero attached hydrogens (tertiary/aromatic N) is 3. The molecule has 164 valence electrons. The normalized spacial score (nSPS) is 11.1. The second kappa shape index (κ2) is 10.5. The van der Waals surface area contributed by atoms with Crippen LogP contribution in [0.3, 0.4) is 0 Å². The predicted molar refractivity (Wildman–Crippen MR) is 136 cm³/mol. The van der Waals surface area contributed by atoms with Crippen molar-refractivity contribution in [2.24, 2.45) is 0 Å². The van der Waals surface area contributed by atoms with Crippen molar-refractivity contribution in [2.75, 3.05) is 10.7 Å². The van der Waals surface area contributed by atoms with Gasteiger partial charge >= 0.3 is 0 Å². The van der Waals surface area contributed by atoms with E-state index in [2.05, 4.69) is 31.0 Å². The summed E-state index contributed by atoms with van der Waals surface area (Å²) in [6.07, 6.45) is 3.00. The first kappa shape index (κ1) is 22.8. The summed E-state index contributed by atoms with van der Waals surface area (Å²) in [7, 11) is 0. The Labute approximate surface area is 201 Å². The largest absolute Gasteiger partial charge is 0.282 e. The number of carbonyl (C=O) groups is 1. The quantitative estimate of drug-likeness (QED) is 0.199. The lowest BCUT2D eigenvalue weighted by Crippen LogP contribution is -2.30. The Morgan fingerprint density at radius 1 is 1.06 bits per heavy atom. The molecule has 4 rings (SSSR count). The zero-order chi connectivity index (χ0) is 22.5. The van der Waals surface area contributed by atoms with Crippen LogP contribution < -0.4 is 4.90 Å². The number of pyridine rings is 1. The summed E-state index contributed by atoms with van der Waals surface area (Å²) < 4.78 is 1.14. The molecule has 2 aromatic heterocycles. The molecular formula is C25H24ClN3OS2. The van der Waals surface area contributed by atoms with Crippen LogP contribution in [-0.2, 0) is 11.3 Å². The number of benzene rings is 2. The number of thiazole rings is 1. The number of hydrogen-bond donors (Lipinski definition) is 0. The Kier molecular flexibility index (Phi) is 7.45. The van der Waals surface area contributed by atoms with Crippen molar-refractivity contribution in [1.29, 1.82) is 0 Å². The van der Waals surface area contributed by atoms with Gasteiger partial charge in [0.2, 0.25) is 5.91 Å². The Balaban J connectivity index is 1.50. The highest BCUT2D eigenvalue weighted by Gasteiger charge is 2.21. The summed E-state index contributed by atoms with van der Waals surface area (Å²) in [5.41, 5.74) is 4.13. The number of fused-ring (bicyclic) bond motifs is 1. The minimum atomic E-state index is 0.0710. The number of thioether (sulfide) groups is 1. The molecule has 0 atom stereocenters. The SMILES string of the molecule is Cc1ccc(C)c2sc(N(Cc3ccccn3)C(=O)CCCSc3ccc(Cl)cc3)nc12.